The van der Waals surface area contributed by atoms with Crippen molar-refractivity contribution in [3.63, 3.8) is 0 Å². The maximum absolute atomic E-state index is 5.74. The van der Waals surface area contributed by atoms with Gasteiger partial charge in [-0.2, -0.15) is 11.8 Å². The van der Waals surface area contributed by atoms with Crippen LogP contribution in [0.1, 0.15) is 17.7 Å². The molecule has 1 saturated heterocycles. The van der Waals surface area contributed by atoms with E-state index < -0.39 is 0 Å². The maximum atomic E-state index is 5.74. The number of aromatic nitrogens is 1. The van der Waals surface area contributed by atoms with Crippen LogP contribution in [0.5, 0.6) is 0 Å². The summed E-state index contributed by atoms with van der Waals surface area (Å²) in [6, 6.07) is 0. The Morgan fingerprint density at radius 2 is 2.64 bits per heavy atom. The number of ether oxygens (including phenoxy) is 1. The average Bonchev–Trinajstić information content (AvgIpc) is 2.77. The summed E-state index contributed by atoms with van der Waals surface area (Å²) in [6.45, 7) is 0.942. The highest BCUT2D eigenvalue weighted by Crippen LogP contribution is 2.24. The van der Waals surface area contributed by atoms with Crippen LogP contribution in [-0.4, -0.2) is 23.4 Å². The molecule has 0 aromatic carbocycles. The summed E-state index contributed by atoms with van der Waals surface area (Å²) in [4.78, 5) is 5.25. The molecule has 1 aromatic rings. The van der Waals surface area contributed by atoms with E-state index in [0.29, 0.717) is 10.6 Å². The molecule has 0 amide bonds. The molecule has 2 rings (SSSR count). The zero-order chi connectivity index (χ0) is 9.80. The number of halogens is 1. The molecule has 0 aliphatic carbocycles. The monoisotopic (exact) mass is 249 g/mol. The van der Waals surface area contributed by atoms with E-state index in [1.165, 1.54) is 17.7 Å². The smallest absolute Gasteiger partial charge is 0.183 e. The SMILES string of the molecule is Clc1ncc(CSCC2CCCO2)s1. The standard InChI is InChI=1S/C9H12ClNOS2/c10-9-11-4-8(14-9)6-13-5-7-2-1-3-12-7/h4,7H,1-3,5-6H2. The van der Waals surface area contributed by atoms with Crippen LogP contribution in [0.15, 0.2) is 6.20 Å². The van der Waals surface area contributed by atoms with Crippen LogP contribution in [0.2, 0.25) is 4.47 Å². The first kappa shape index (κ1) is 10.7. The van der Waals surface area contributed by atoms with Gasteiger partial charge >= 0.3 is 0 Å². The molecule has 1 aromatic heterocycles. The molecule has 1 aliphatic heterocycles. The second-order valence-electron chi connectivity index (χ2n) is 3.23. The van der Waals surface area contributed by atoms with E-state index >= 15 is 0 Å². The quantitative estimate of drug-likeness (QED) is 0.818. The minimum Gasteiger partial charge on any atom is -0.377 e. The first-order chi connectivity index (χ1) is 6.84. The van der Waals surface area contributed by atoms with E-state index in [-0.39, 0.29) is 0 Å². The fourth-order valence-electron chi connectivity index (χ4n) is 1.42. The van der Waals surface area contributed by atoms with Gasteiger partial charge in [0.2, 0.25) is 0 Å². The van der Waals surface area contributed by atoms with Crippen LogP contribution in [0.25, 0.3) is 0 Å². The first-order valence-electron chi connectivity index (χ1n) is 4.64. The first-order valence-corrected chi connectivity index (χ1v) is 6.99. The zero-order valence-electron chi connectivity index (χ0n) is 7.74. The van der Waals surface area contributed by atoms with Crippen LogP contribution in [0.3, 0.4) is 0 Å². The average molecular weight is 250 g/mol. The lowest BCUT2D eigenvalue weighted by molar-refractivity contribution is 0.129. The third-order valence-electron chi connectivity index (χ3n) is 2.10. The molecule has 2 heterocycles. The lowest BCUT2D eigenvalue weighted by Gasteiger charge is -2.07. The van der Waals surface area contributed by atoms with E-state index in [1.807, 2.05) is 18.0 Å². The van der Waals surface area contributed by atoms with Crippen LogP contribution in [0.4, 0.5) is 0 Å². The highest BCUT2D eigenvalue weighted by molar-refractivity contribution is 7.98. The molecule has 2 nitrogen and oxygen atoms in total. The van der Waals surface area contributed by atoms with E-state index in [4.69, 9.17) is 16.3 Å². The van der Waals surface area contributed by atoms with Gasteiger partial charge in [-0.25, -0.2) is 4.98 Å². The Morgan fingerprint density at radius 3 is 3.29 bits per heavy atom. The van der Waals surface area contributed by atoms with Crippen molar-refractivity contribution in [1.29, 1.82) is 0 Å². The highest BCUT2D eigenvalue weighted by Gasteiger charge is 2.15. The number of thioether (sulfide) groups is 1. The second-order valence-corrected chi connectivity index (χ2v) is 5.96. The van der Waals surface area contributed by atoms with Gasteiger partial charge in [0.15, 0.2) is 4.47 Å². The summed E-state index contributed by atoms with van der Waals surface area (Å²) in [6.07, 6.45) is 4.77. The Hall–Kier alpha value is 0.230. The van der Waals surface area contributed by atoms with Gasteiger partial charge in [-0.1, -0.05) is 11.6 Å². The van der Waals surface area contributed by atoms with Crippen molar-refractivity contribution >= 4 is 34.7 Å². The summed E-state index contributed by atoms with van der Waals surface area (Å²) in [5.74, 6) is 2.10. The highest BCUT2D eigenvalue weighted by atomic mass is 35.5. The Bertz CT molecular complexity index is 286. The van der Waals surface area contributed by atoms with Crippen LogP contribution in [-0.2, 0) is 10.5 Å². The van der Waals surface area contributed by atoms with Crippen LogP contribution < -0.4 is 0 Å². The number of thiazole rings is 1. The molecule has 78 valence electrons. The van der Waals surface area contributed by atoms with E-state index in [0.717, 1.165) is 18.1 Å². The Morgan fingerprint density at radius 1 is 1.71 bits per heavy atom. The Balaban J connectivity index is 1.67. The summed E-state index contributed by atoms with van der Waals surface area (Å²) < 4.78 is 6.17. The van der Waals surface area contributed by atoms with Crippen molar-refractivity contribution in [2.75, 3.05) is 12.4 Å². The lowest BCUT2D eigenvalue weighted by Crippen LogP contribution is -2.07. The molecule has 14 heavy (non-hydrogen) atoms. The number of nitrogens with zero attached hydrogens (tertiary/aromatic N) is 1. The van der Waals surface area contributed by atoms with Gasteiger partial charge in [0.05, 0.1) is 6.10 Å². The molecule has 0 spiro atoms. The molecule has 0 radical (unpaired) electrons. The summed E-state index contributed by atoms with van der Waals surface area (Å²) in [5, 5.41) is 0. The van der Waals surface area contributed by atoms with Gasteiger partial charge in [0.1, 0.15) is 0 Å². The van der Waals surface area contributed by atoms with Crippen LogP contribution >= 0.6 is 34.7 Å². The Kier molecular flexibility index (Phi) is 4.10. The molecule has 1 atom stereocenters. The van der Waals surface area contributed by atoms with Gasteiger partial charge in [0.25, 0.3) is 0 Å². The molecule has 0 bridgehead atoms. The van der Waals surface area contributed by atoms with E-state index in [2.05, 4.69) is 4.98 Å². The van der Waals surface area contributed by atoms with Gasteiger partial charge in [-0.15, -0.1) is 11.3 Å². The van der Waals surface area contributed by atoms with Gasteiger partial charge in [0, 0.05) is 29.2 Å². The third kappa shape index (κ3) is 3.12. The summed E-state index contributed by atoms with van der Waals surface area (Å²) in [5.41, 5.74) is 0. The molecular weight excluding hydrogens is 238 g/mol. The second kappa shape index (κ2) is 5.35. The van der Waals surface area contributed by atoms with Crippen molar-refractivity contribution in [2.45, 2.75) is 24.7 Å². The third-order valence-corrected chi connectivity index (χ3v) is 4.52. The van der Waals surface area contributed by atoms with E-state index in [1.54, 1.807) is 11.3 Å². The fraction of sp³-hybridized carbons (Fsp3) is 0.667. The van der Waals surface area contributed by atoms with Crippen molar-refractivity contribution < 1.29 is 4.74 Å². The maximum Gasteiger partial charge on any atom is 0.183 e. The largest absolute Gasteiger partial charge is 0.377 e. The number of rotatable bonds is 4. The minimum absolute atomic E-state index is 0.475. The van der Waals surface area contributed by atoms with Crippen molar-refractivity contribution in [3.05, 3.63) is 15.5 Å². The summed E-state index contributed by atoms with van der Waals surface area (Å²) in [7, 11) is 0. The zero-order valence-corrected chi connectivity index (χ0v) is 10.1. The van der Waals surface area contributed by atoms with E-state index in [9.17, 15) is 0 Å². The predicted octanol–water partition coefficient (Wildman–Crippen LogP) is 3.21. The lowest BCUT2D eigenvalue weighted by atomic mass is 10.3. The molecule has 1 aliphatic rings. The number of hydrogen-bond donors (Lipinski definition) is 0. The number of hydrogen-bond acceptors (Lipinski definition) is 4. The molecule has 5 heteroatoms. The van der Waals surface area contributed by atoms with Crippen molar-refractivity contribution in [1.82, 2.24) is 4.98 Å². The Labute approximate surface area is 97.0 Å². The summed E-state index contributed by atoms with van der Waals surface area (Å²) >= 11 is 9.21. The molecule has 0 saturated carbocycles. The molecule has 1 fully saturated rings. The normalized spacial score (nSPS) is 21.6. The predicted molar refractivity (Wildman–Crippen MR) is 62.3 cm³/mol. The fourth-order valence-corrected chi connectivity index (χ4v) is 3.60. The van der Waals surface area contributed by atoms with Gasteiger partial charge in [-0.05, 0) is 12.8 Å². The van der Waals surface area contributed by atoms with Crippen molar-refractivity contribution in [2.24, 2.45) is 0 Å². The van der Waals surface area contributed by atoms with Gasteiger partial charge < -0.3 is 4.74 Å². The molecule has 1 unspecified atom stereocenters. The molecular formula is C9H12ClNOS2. The van der Waals surface area contributed by atoms with Crippen LogP contribution in [0, 0.1) is 0 Å². The van der Waals surface area contributed by atoms with Gasteiger partial charge in [-0.3, -0.25) is 0 Å². The van der Waals surface area contributed by atoms with Crippen molar-refractivity contribution in [3.8, 4) is 0 Å². The molecule has 0 N–H and O–H groups in total. The minimum atomic E-state index is 0.475. The topological polar surface area (TPSA) is 22.1 Å².